The molecule has 0 aliphatic heterocycles. The van der Waals surface area contributed by atoms with Crippen LogP contribution in [-0.2, 0) is 0 Å². The molecule has 2 aromatic rings. The van der Waals surface area contributed by atoms with Gasteiger partial charge in [-0.2, -0.15) is 0 Å². The molecule has 1 radical (unpaired) electrons. The summed E-state index contributed by atoms with van der Waals surface area (Å²) in [6.45, 7) is 4.33. The molecular weight excluding hydrogens is 160 g/mol. The van der Waals surface area contributed by atoms with Crippen molar-refractivity contribution in [2.75, 3.05) is 0 Å². The van der Waals surface area contributed by atoms with Crippen LogP contribution in [0.4, 0.5) is 0 Å². The molecule has 1 aromatic heterocycles. The number of fused-ring (bicyclic) bond motifs is 1. The molecule has 0 saturated heterocycles. The van der Waals surface area contributed by atoms with Crippen LogP contribution in [0.1, 0.15) is 25.3 Å². The summed E-state index contributed by atoms with van der Waals surface area (Å²) in [7, 11) is 0. The quantitative estimate of drug-likeness (QED) is 0.659. The van der Waals surface area contributed by atoms with Gasteiger partial charge in [-0.05, 0) is 11.5 Å². The predicted molar refractivity (Wildman–Crippen MR) is 52.5 cm³/mol. The Hall–Kier alpha value is -1.44. The minimum Gasteiger partial charge on any atom is -0.233 e. The Labute approximate surface area is 77.6 Å². The molecule has 2 rings (SSSR count). The highest BCUT2D eigenvalue weighted by atomic mass is 14.8. The van der Waals surface area contributed by atoms with Crippen LogP contribution in [-0.4, -0.2) is 9.97 Å². The molecule has 2 nitrogen and oxygen atoms in total. The number of rotatable bonds is 1. The molecular formula is C11H11N2. The van der Waals surface area contributed by atoms with Crippen molar-refractivity contribution in [1.29, 1.82) is 0 Å². The van der Waals surface area contributed by atoms with Gasteiger partial charge in [-0.25, -0.2) is 9.97 Å². The highest BCUT2D eigenvalue weighted by molar-refractivity contribution is 5.81. The zero-order valence-electron chi connectivity index (χ0n) is 7.78. The van der Waals surface area contributed by atoms with E-state index in [1.807, 2.05) is 12.1 Å². The molecule has 65 valence electrons. The van der Waals surface area contributed by atoms with Gasteiger partial charge >= 0.3 is 0 Å². The lowest BCUT2D eigenvalue weighted by Gasteiger charge is -2.07. The van der Waals surface area contributed by atoms with Gasteiger partial charge in [0.05, 0.1) is 5.52 Å². The molecule has 0 N–H and O–H groups in total. The summed E-state index contributed by atoms with van der Waals surface area (Å²) in [6, 6.07) is 6.17. The molecule has 1 aromatic carbocycles. The third kappa shape index (κ3) is 1.39. The summed E-state index contributed by atoms with van der Waals surface area (Å²) in [5, 5.41) is 1.09. The van der Waals surface area contributed by atoms with Crippen molar-refractivity contribution in [3.05, 3.63) is 36.3 Å². The molecule has 0 saturated carbocycles. The van der Waals surface area contributed by atoms with E-state index in [2.05, 4.69) is 36.2 Å². The van der Waals surface area contributed by atoms with Crippen molar-refractivity contribution in [3.8, 4) is 0 Å². The fraction of sp³-hybridized carbons (Fsp3) is 0.273. The molecule has 1 heterocycles. The van der Waals surface area contributed by atoms with Gasteiger partial charge < -0.3 is 0 Å². The van der Waals surface area contributed by atoms with Crippen LogP contribution in [0.25, 0.3) is 10.9 Å². The van der Waals surface area contributed by atoms with E-state index in [9.17, 15) is 0 Å². The van der Waals surface area contributed by atoms with Crippen molar-refractivity contribution in [2.45, 2.75) is 19.8 Å². The van der Waals surface area contributed by atoms with Gasteiger partial charge in [0.25, 0.3) is 0 Å². The van der Waals surface area contributed by atoms with Crippen LogP contribution in [0.5, 0.6) is 0 Å². The minimum atomic E-state index is 0.493. The Bertz CT molecular complexity index is 416. The maximum Gasteiger partial charge on any atom is 0.198 e. The normalized spacial score (nSPS) is 11.0. The van der Waals surface area contributed by atoms with Crippen molar-refractivity contribution >= 4 is 10.9 Å². The van der Waals surface area contributed by atoms with E-state index in [0.717, 1.165) is 10.9 Å². The molecule has 0 amide bonds. The summed E-state index contributed by atoms with van der Waals surface area (Å²) in [4.78, 5) is 8.04. The van der Waals surface area contributed by atoms with Gasteiger partial charge in [0.1, 0.15) is 0 Å². The van der Waals surface area contributed by atoms with E-state index in [-0.39, 0.29) is 0 Å². The average Bonchev–Trinajstić information content (AvgIpc) is 2.17. The fourth-order valence-electron chi connectivity index (χ4n) is 1.46. The van der Waals surface area contributed by atoms with Gasteiger partial charge in [0.2, 0.25) is 0 Å². The smallest absolute Gasteiger partial charge is 0.198 e. The Morgan fingerprint density at radius 2 is 2.15 bits per heavy atom. The van der Waals surface area contributed by atoms with Crippen LogP contribution in [0.2, 0.25) is 0 Å². The second-order valence-electron chi connectivity index (χ2n) is 3.41. The van der Waals surface area contributed by atoms with Crippen LogP contribution in [0, 0.1) is 6.33 Å². The van der Waals surface area contributed by atoms with Crippen molar-refractivity contribution in [1.82, 2.24) is 9.97 Å². The first-order valence-corrected chi connectivity index (χ1v) is 4.41. The number of benzene rings is 1. The molecule has 0 atom stereocenters. The monoisotopic (exact) mass is 171 g/mol. The first kappa shape index (κ1) is 8.17. The summed E-state index contributed by atoms with van der Waals surface area (Å²) >= 11 is 0. The number of hydrogen-bond acceptors (Lipinski definition) is 2. The Kier molecular flexibility index (Phi) is 1.97. The van der Waals surface area contributed by atoms with Gasteiger partial charge in [-0.3, -0.25) is 0 Å². The number of aromatic nitrogens is 2. The molecule has 13 heavy (non-hydrogen) atoms. The van der Waals surface area contributed by atoms with Gasteiger partial charge in [0.15, 0.2) is 6.33 Å². The predicted octanol–water partition coefficient (Wildman–Crippen LogP) is 2.55. The zero-order chi connectivity index (χ0) is 9.26. The van der Waals surface area contributed by atoms with E-state index in [4.69, 9.17) is 0 Å². The zero-order valence-corrected chi connectivity index (χ0v) is 7.78. The summed E-state index contributed by atoms with van der Waals surface area (Å²) < 4.78 is 0. The van der Waals surface area contributed by atoms with E-state index in [1.165, 1.54) is 5.56 Å². The average molecular weight is 171 g/mol. The lowest BCUT2D eigenvalue weighted by Crippen LogP contribution is -1.92. The van der Waals surface area contributed by atoms with E-state index in [0.29, 0.717) is 5.92 Å². The molecule has 0 bridgehead atoms. The Morgan fingerprint density at radius 3 is 2.92 bits per heavy atom. The molecule has 0 aliphatic carbocycles. The fourth-order valence-corrected chi connectivity index (χ4v) is 1.46. The number of hydrogen-bond donors (Lipinski definition) is 0. The SMILES string of the molecule is CC(C)c1cccc2cn[c]nc12. The van der Waals surface area contributed by atoms with E-state index >= 15 is 0 Å². The topological polar surface area (TPSA) is 25.8 Å². The van der Waals surface area contributed by atoms with Crippen molar-refractivity contribution in [2.24, 2.45) is 0 Å². The first-order chi connectivity index (χ1) is 6.29. The molecule has 0 spiro atoms. The van der Waals surface area contributed by atoms with Crippen LogP contribution in [0.15, 0.2) is 24.4 Å². The van der Waals surface area contributed by atoms with E-state index in [1.54, 1.807) is 6.20 Å². The molecule has 2 heteroatoms. The van der Waals surface area contributed by atoms with Gasteiger partial charge in [-0.1, -0.05) is 32.0 Å². The highest BCUT2D eigenvalue weighted by Crippen LogP contribution is 2.22. The standard InChI is InChI=1S/C11H11N2/c1-8(2)10-5-3-4-9-6-12-7-13-11(9)10/h3-6,8H,1-2H3. The van der Waals surface area contributed by atoms with E-state index < -0.39 is 0 Å². The van der Waals surface area contributed by atoms with Crippen molar-refractivity contribution in [3.63, 3.8) is 0 Å². The third-order valence-electron chi connectivity index (χ3n) is 2.14. The Balaban J connectivity index is 2.76. The van der Waals surface area contributed by atoms with Gasteiger partial charge in [-0.15, -0.1) is 0 Å². The third-order valence-corrected chi connectivity index (χ3v) is 2.14. The largest absolute Gasteiger partial charge is 0.233 e. The van der Waals surface area contributed by atoms with Crippen LogP contribution < -0.4 is 0 Å². The Morgan fingerprint density at radius 1 is 1.31 bits per heavy atom. The lowest BCUT2D eigenvalue weighted by atomic mass is 10.0. The summed E-state index contributed by atoms with van der Waals surface area (Å²) in [5.74, 6) is 0.493. The maximum absolute atomic E-state index is 4.17. The number of nitrogens with zero attached hydrogens (tertiary/aromatic N) is 2. The second kappa shape index (κ2) is 3.13. The first-order valence-electron chi connectivity index (χ1n) is 4.41. The highest BCUT2D eigenvalue weighted by Gasteiger charge is 2.04. The van der Waals surface area contributed by atoms with Crippen LogP contribution in [0.3, 0.4) is 0 Å². The maximum atomic E-state index is 4.17. The summed E-state index contributed by atoms with van der Waals surface area (Å²) in [5.41, 5.74) is 2.28. The molecule has 0 fully saturated rings. The molecule has 0 unspecified atom stereocenters. The minimum absolute atomic E-state index is 0.493. The molecule has 0 aliphatic rings. The lowest BCUT2D eigenvalue weighted by molar-refractivity contribution is 0.871. The number of para-hydroxylation sites is 1. The van der Waals surface area contributed by atoms with Crippen molar-refractivity contribution < 1.29 is 0 Å². The van der Waals surface area contributed by atoms with Gasteiger partial charge in [0, 0.05) is 11.6 Å². The summed E-state index contributed by atoms with van der Waals surface area (Å²) in [6.07, 6.45) is 4.43. The second-order valence-corrected chi connectivity index (χ2v) is 3.41. The van der Waals surface area contributed by atoms with Crippen LogP contribution >= 0.6 is 0 Å².